The number of anilines is 1. The maximum atomic E-state index is 3.50. The Labute approximate surface area is 117 Å². The first kappa shape index (κ1) is 12.2. The molecule has 2 aromatic carbocycles. The number of benzene rings is 2. The summed E-state index contributed by atoms with van der Waals surface area (Å²) in [6, 6.07) is 15.4. The zero-order chi connectivity index (χ0) is 13.2. The van der Waals surface area contributed by atoms with Crippen molar-refractivity contribution in [2.45, 2.75) is 20.4 Å². The Hall–Kier alpha value is -1.80. The van der Waals surface area contributed by atoms with Crippen LogP contribution >= 0.6 is 11.3 Å². The van der Waals surface area contributed by atoms with E-state index in [1.54, 1.807) is 11.3 Å². The number of aryl methyl sites for hydroxylation is 2. The van der Waals surface area contributed by atoms with Crippen molar-refractivity contribution in [1.82, 2.24) is 0 Å². The van der Waals surface area contributed by atoms with E-state index >= 15 is 0 Å². The molecule has 0 radical (unpaired) electrons. The van der Waals surface area contributed by atoms with Gasteiger partial charge in [-0.15, -0.1) is 11.3 Å². The molecule has 0 aliphatic heterocycles. The van der Waals surface area contributed by atoms with Crippen LogP contribution in [0.15, 0.2) is 47.8 Å². The van der Waals surface area contributed by atoms with Crippen LogP contribution in [0.3, 0.4) is 0 Å². The molecule has 0 saturated heterocycles. The van der Waals surface area contributed by atoms with E-state index in [0.29, 0.717) is 0 Å². The number of hydrogen-bond acceptors (Lipinski definition) is 2. The van der Waals surface area contributed by atoms with E-state index in [-0.39, 0.29) is 0 Å². The third kappa shape index (κ3) is 2.79. The Morgan fingerprint density at radius 1 is 0.947 bits per heavy atom. The molecule has 3 rings (SSSR count). The smallest absolute Gasteiger partial charge is 0.0400 e. The van der Waals surface area contributed by atoms with Gasteiger partial charge in [0, 0.05) is 16.9 Å². The molecule has 1 nitrogen and oxygen atoms in total. The van der Waals surface area contributed by atoms with Crippen molar-refractivity contribution in [2.75, 3.05) is 5.32 Å². The molecule has 1 aromatic heterocycles. The minimum atomic E-state index is 0.873. The van der Waals surface area contributed by atoms with Crippen LogP contribution in [0.4, 0.5) is 5.69 Å². The SMILES string of the molecule is Cc1cc(C)cc(CNc2ccc3sccc3c2)c1. The summed E-state index contributed by atoms with van der Waals surface area (Å²) in [5.41, 5.74) is 5.17. The lowest BCUT2D eigenvalue weighted by Gasteiger charge is -2.08. The van der Waals surface area contributed by atoms with Gasteiger partial charge >= 0.3 is 0 Å². The fraction of sp³-hybridized carbons (Fsp3) is 0.176. The van der Waals surface area contributed by atoms with Crippen LogP contribution in [0.1, 0.15) is 16.7 Å². The first-order valence-corrected chi connectivity index (χ1v) is 7.37. The summed E-state index contributed by atoms with van der Waals surface area (Å²) in [7, 11) is 0. The molecule has 0 saturated carbocycles. The van der Waals surface area contributed by atoms with Crippen LogP contribution in [0.2, 0.25) is 0 Å². The van der Waals surface area contributed by atoms with E-state index in [0.717, 1.165) is 6.54 Å². The molecule has 96 valence electrons. The van der Waals surface area contributed by atoms with Crippen LogP contribution in [0, 0.1) is 13.8 Å². The van der Waals surface area contributed by atoms with Crippen molar-refractivity contribution >= 4 is 27.1 Å². The normalized spacial score (nSPS) is 10.8. The highest BCUT2D eigenvalue weighted by atomic mass is 32.1. The predicted molar refractivity (Wildman–Crippen MR) is 85.1 cm³/mol. The molecule has 0 unspecified atom stereocenters. The zero-order valence-electron chi connectivity index (χ0n) is 11.2. The molecule has 1 N–H and O–H groups in total. The highest BCUT2D eigenvalue weighted by Gasteiger charge is 1.99. The Morgan fingerprint density at radius 2 is 1.74 bits per heavy atom. The number of nitrogens with one attached hydrogen (secondary N) is 1. The van der Waals surface area contributed by atoms with Crippen LogP contribution in [-0.4, -0.2) is 0 Å². The molecule has 0 fully saturated rings. The van der Waals surface area contributed by atoms with Gasteiger partial charge in [-0.2, -0.15) is 0 Å². The molecule has 19 heavy (non-hydrogen) atoms. The molecule has 3 aromatic rings. The molecule has 0 amide bonds. The number of fused-ring (bicyclic) bond motifs is 1. The van der Waals surface area contributed by atoms with Crippen LogP contribution in [0.5, 0.6) is 0 Å². The second kappa shape index (κ2) is 5.06. The maximum Gasteiger partial charge on any atom is 0.0400 e. The quantitative estimate of drug-likeness (QED) is 0.693. The lowest BCUT2D eigenvalue weighted by atomic mass is 10.1. The minimum absolute atomic E-state index is 0.873. The van der Waals surface area contributed by atoms with Crippen molar-refractivity contribution in [3.8, 4) is 0 Å². The van der Waals surface area contributed by atoms with Gasteiger partial charge in [-0.25, -0.2) is 0 Å². The second-order valence-electron chi connectivity index (χ2n) is 5.02. The average Bonchev–Trinajstić information content (AvgIpc) is 2.82. The molecule has 0 aliphatic carbocycles. The van der Waals surface area contributed by atoms with Crippen LogP contribution in [0.25, 0.3) is 10.1 Å². The lowest BCUT2D eigenvalue weighted by molar-refractivity contribution is 1.13. The third-order valence-corrected chi connectivity index (χ3v) is 4.13. The highest BCUT2D eigenvalue weighted by molar-refractivity contribution is 7.17. The minimum Gasteiger partial charge on any atom is -0.381 e. The van der Waals surface area contributed by atoms with E-state index in [9.17, 15) is 0 Å². The standard InChI is InChI=1S/C17H17NS/c1-12-7-13(2)9-14(8-12)11-18-16-3-4-17-15(10-16)5-6-19-17/h3-10,18H,11H2,1-2H3. The Bertz CT molecular complexity index is 692. The highest BCUT2D eigenvalue weighted by Crippen LogP contribution is 2.24. The summed E-state index contributed by atoms with van der Waals surface area (Å²) in [5.74, 6) is 0. The van der Waals surface area contributed by atoms with E-state index in [1.165, 1.54) is 32.5 Å². The first-order chi connectivity index (χ1) is 9.20. The van der Waals surface area contributed by atoms with Gasteiger partial charge in [0.25, 0.3) is 0 Å². The van der Waals surface area contributed by atoms with Crippen molar-refractivity contribution in [3.05, 3.63) is 64.5 Å². The molecule has 2 heteroatoms. The lowest BCUT2D eigenvalue weighted by Crippen LogP contribution is -1.99. The molecule has 0 bridgehead atoms. The van der Waals surface area contributed by atoms with E-state index in [1.807, 2.05) is 0 Å². The van der Waals surface area contributed by atoms with E-state index in [4.69, 9.17) is 0 Å². The largest absolute Gasteiger partial charge is 0.381 e. The summed E-state index contributed by atoms with van der Waals surface area (Å²) in [4.78, 5) is 0. The Morgan fingerprint density at radius 3 is 2.53 bits per heavy atom. The van der Waals surface area contributed by atoms with Crippen molar-refractivity contribution in [3.63, 3.8) is 0 Å². The Balaban J connectivity index is 1.77. The third-order valence-electron chi connectivity index (χ3n) is 3.23. The monoisotopic (exact) mass is 267 g/mol. The fourth-order valence-electron chi connectivity index (χ4n) is 2.45. The summed E-state index contributed by atoms with van der Waals surface area (Å²) in [6.07, 6.45) is 0. The second-order valence-corrected chi connectivity index (χ2v) is 5.97. The number of thiophene rings is 1. The maximum absolute atomic E-state index is 3.50. The van der Waals surface area contributed by atoms with Gasteiger partial charge in [0.1, 0.15) is 0 Å². The molecule has 1 heterocycles. The molecule has 0 atom stereocenters. The first-order valence-electron chi connectivity index (χ1n) is 6.49. The van der Waals surface area contributed by atoms with Crippen molar-refractivity contribution in [1.29, 1.82) is 0 Å². The van der Waals surface area contributed by atoms with Gasteiger partial charge in [0.15, 0.2) is 0 Å². The average molecular weight is 267 g/mol. The number of rotatable bonds is 3. The van der Waals surface area contributed by atoms with Gasteiger partial charge in [0.2, 0.25) is 0 Å². The van der Waals surface area contributed by atoms with E-state index < -0.39 is 0 Å². The zero-order valence-corrected chi connectivity index (χ0v) is 12.1. The Kier molecular flexibility index (Phi) is 3.26. The summed E-state index contributed by atoms with van der Waals surface area (Å²) < 4.78 is 1.34. The topological polar surface area (TPSA) is 12.0 Å². The van der Waals surface area contributed by atoms with Crippen molar-refractivity contribution < 1.29 is 0 Å². The molecular weight excluding hydrogens is 250 g/mol. The van der Waals surface area contributed by atoms with Crippen molar-refractivity contribution in [2.24, 2.45) is 0 Å². The summed E-state index contributed by atoms with van der Waals surface area (Å²) in [6.45, 7) is 5.17. The van der Waals surface area contributed by atoms with Crippen LogP contribution in [-0.2, 0) is 6.54 Å². The van der Waals surface area contributed by atoms with Gasteiger partial charge in [-0.3, -0.25) is 0 Å². The summed E-state index contributed by atoms with van der Waals surface area (Å²) >= 11 is 1.79. The summed E-state index contributed by atoms with van der Waals surface area (Å²) in [5, 5.41) is 6.95. The van der Waals surface area contributed by atoms with Gasteiger partial charge in [-0.1, -0.05) is 29.3 Å². The van der Waals surface area contributed by atoms with Gasteiger partial charge < -0.3 is 5.32 Å². The van der Waals surface area contributed by atoms with Crippen LogP contribution < -0.4 is 5.32 Å². The number of hydrogen-bond donors (Lipinski definition) is 1. The molecule has 0 spiro atoms. The predicted octanol–water partition coefficient (Wildman–Crippen LogP) is 5.13. The fourth-order valence-corrected chi connectivity index (χ4v) is 3.22. The molecule has 0 aliphatic rings. The molecular formula is C17H17NS. The van der Waals surface area contributed by atoms with Gasteiger partial charge in [-0.05, 0) is 54.4 Å². The van der Waals surface area contributed by atoms with E-state index in [2.05, 4.69) is 67.0 Å². The van der Waals surface area contributed by atoms with Gasteiger partial charge in [0.05, 0.1) is 0 Å².